The summed E-state index contributed by atoms with van der Waals surface area (Å²) in [4.78, 5) is 11.1. The smallest absolute Gasteiger partial charge is 0.134 e. The van der Waals surface area contributed by atoms with Crippen LogP contribution in [0.1, 0.15) is 31.2 Å². The number of nitrogens with zero attached hydrogens (tertiary/aromatic N) is 3. The number of benzene rings is 1. The summed E-state index contributed by atoms with van der Waals surface area (Å²) in [6.45, 7) is 4.35. The van der Waals surface area contributed by atoms with Gasteiger partial charge >= 0.3 is 0 Å². The molecule has 4 rings (SSSR count). The minimum Gasteiger partial charge on any atom is -0.491 e. The molecule has 2 fully saturated rings. The molecule has 0 spiro atoms. The summed E-state index contributed by atoms with van der Waals surface area (Å²) in [5, 5.41) is 6.70. The molecular formula is C22H31N5O2. The first-order valence-corrected chi connectivity index (χ1v) is 10.6. The fourth-order valence-corrected chi connectivity index (χ4v) is 4.04. The minimum absolute atomic E-state index is 0.254. The number of anilines is 2. The van der Waals surface area contributed by atoms with Crippen LogP contribution in [0.4, 0.5) is 11.6 Å². The lowest BCUT2D eigenvalue weighted by atomic mass is 10.2. The van der Waals surface area contributed by atoms with Crippen molar-refractivity contribution in [2.24, 2.45) is 0 Å². The normalized spacial score (nSPS) is 21.5. The van der Waals surface area contributed by atoms with E-state index in [1.165, 1.54) is 18.4 Å². The second-order valence-corrected chi connectivity index (χ2v) is 7.72. The average molecular weight is 398 g/mol. The molecule has 0 bridgehead atoms. The van der Waals surface area contributed by atoms with Gasteiger partial charge in [-0.3, -0.25) is 0 Å². The first kappa shape index (κ1) is 19.9. The van der Waals surface area contributed by atoms with Gasteiger partial charge in [0.1, 0.15) is 30.3 Å². The third-order valence-corrected chi connectivity index (χ3v) is 5.67. The highest BCUT2D eigenvalue weighted by Gasteiger charge is 2.25. The number of hydrogen-bond acceptors (Lipinski definition) is 7. The first-order valence-electron chi connectivity index (χ1n) is 10.6. The van der Waals surface area contributed by atoms with Crippen molar-refractivity contribution in [1.29, 1.82) is 0 Å². The molecule has 156 valence electrons. The number of ether oxygens (including phenoxy) is 2. The Morgan fingerprint density at radius 2 is 2.07 bits per heavy atom. The maximum absolute atomic E-state index is 5.84. The maximum atomic E-state index is 5.84. The third-order valence-electron chi connectivity index (χ3n) is 5.67. The number of rotatable bonds is 9. The molecule has 2 saturated heterocycles. The van der Waals surface area contributed by atoms with Crippen molar-refractivity contribution < 1.29 is 9.47 Å². The van der Waals surface area contributed by atoms with Gasteiger partial charge in [-0.1, -0.05) is 12.1 Å². The quantitative estimate of drug-likeness (QED) is 0.674. The Hall–Kier alpha value is -2.38. The summed E-state index contributed by atoms with van der Waals surface area (Å²) in [5.41, 5.74) is 1.26. The number of nitrogens with one attached hydrogen (secondary N) is 2. The fourth-order valence-electron chi connectivity index (χ4n) is 4.04. The SMILES string of the molecule is CNc1cc(N2CCCC2CNCc2ccc(OCC3CCCO3)cc2)ncn1. The number of aromatic nitrogens is 2. The van der Waals surface area contributed by atoms with Crippen LogP contribution in [0.5, 0.6) is 5.75 Å². The zero-order chi connectivity index (χ0) is 19.9. The Morgan fingerprint density at radius 3 is 2.86 bits per heavy atom. The van der Waals surface area contributed by atoms with Crippen molar-refractivity contribution in [3.8, 4) is 5.75 Å². The molecule has 0 radical (unpaired) electrons. The molecule has 2 atom stereocenters. The molecule has 2 aliphatic rings. The molecule has 7 nitrogen and oxygen atoms in total. The van der Waals surface area contributed by atoms with Gasteiger partial charge in [-0.25, -0.2) is 9.97 Å². The highest BCUT2D eigenvalue weighted by molar-refractivity contribution is 5.49. The predicted molar refractivity (Wildman–Crippen MR) is 115 cm³/mol. The van der Waals surface area contributed by atoms with Crippen molar-refractivity contribution in [2.75, 3.05) is 43.6 Å². The average Bonchev–Trinajstić information content (AvgIpc) is 3.45. The Bertz CT molecular complexity index is 764. The summed E-state index contributed by atoms with van der Waals surface area (Å²) < 4.78 is 11.4. The first-order chi connectivity index (χ1) is 14.3. The summed E-state index contributed by atoms with van der Waals surface area (Å²) >= 11 is 0. The van der Waals surface area contributed by atoms with Gasteiger partial charge in [0.05, 0.1) is 6.10 Å². The maximum Gasteiger partial charge on any atom is 0.134 e. The van der Waals surface area contributed by atoms with Crippen LogP contribution in [-0.4, -0.2) is 55.5 Å². The van der Waals surface area contributed by atoms with Gasteiger partial charge in [0.25, 0.3) is 0 Å². The van der Waals surface area contributed by atoms with Crippen LogP contribution < -0.4 is 20.3 Å². The van der Waals surface area contributed by atoms with E-state index in [9.17, 15) is 0 Å². The second-order valence-electron chi connectivity index (χ2n) is 7.72. The standard InChI is InChI=1S/C22H31N5O2/c1-23-21-12-22(26-16-25-21)27-10-2-4-18(27)14-24-13-17-6-8-19(9-7-17)29-15-20-5-3-11-28-20/h6-9,12,16,18,20,24H,2-5,10-11,13-15H2,1H3,(H,23,25,26). The van der Waals surface area contributed by atoms with Gasteiger partial charge in [0.2, 0.25) is 0 Å². The topological polar surface area (TPSA) is 71.5 Å². The zero-order valence-corrected chi connectivity index (χ0v) is 17.1. The van der Waals surface area contributed by atoms with Crippen LogP contribution in [0.25, 0.3) is 0 Å². The van der Waals surface area contributed by atoms with Crippen LogP contribution in [0, 0.1) is 0 Å². The van der Waals surface area contributed by atoms with Gasteiger partial charge in [0.15, 0.2) is 0 Å². The molecule has 0 saturated carbocycles. The van der Waals surface area contributed by atoms with E-state index in [1.807, 2.05) is 25.2 Å². The Kier molecular flexibility index (Phi) is 6.79. The molecule has 2 unspecified atom stereocenters. The van der Waals surface area contributed by atoms with Crippen molar-refractivity contribution in [2.45, 2.75) is 44.4 Å². The van der Waals surface area contributed by atoms with Gasteiger partial charge in [-0.05, 0) is 43.4 Å². The summed E-state index contributed by atoms with van der Waals surface area (Å²) in [6.07, 6.45) is 6.51. The van der Waals surface area contributed by atoms with Gasteiger partial charge < -0.3 is 25.0 Å². The van der Waals surface area contributed by atoms with Gasteiger partial charge in [-0.2, -0.15) is 0 Å². The van der Waals surface area contributed by atoms with E-state index in [2.05, 4.69) is 37.6 Å². The number of hydrogen-bond donors (Lipinski definition) is 2. The lowest BCUT2D eigenvalue weighted by Crippen LogP contribution is -2.38. The van der Waals surface area contributed by atoms with Crippen molar-refractivity contribution >= 4 is 11.6 Å². The predicted octanol–water partition coefficient (Wildman–Crippen LogP) is 2.83. The third kappa shape index (κ3) is 5.36. The van der Waals surface area contributed by atoms with E-state index >= 15 is 0 Å². The molecule has 7 heteroatoms. The van der Waals surface area contributed by atoms with Gasteiger partial charge in [-0.15, -0.1) is 0 Å². The highest BCUT2D eigenvalue weighted by atomic mass is 16.5. The lowest BCUT2D eigenvalue weighted by molar-refractivity contribution is 0.0679. The fraction of sp³-hybridized carbons (Fsp3) is 0.545. The van der Waals surface area contributed by atoms with E-state index in [0.717, 1.165) is 56.5 Å². The van der Waals surface area contributed by atoms with Crippen molar-refractivity contribution in [1.82, 2.24) is 15.3 Å². The molecule has 29 heavy (non-hydrogen) atoms. The van der Waals surface area contributed by atoms with Crippen LogP contribution in [0.2, 0.25) is 0 Å². The molecule has 1 aromatic carbocycles. The Balaban J connectivity index is 1.23. The van der Waals surface area contributed by atoms with Crippen LogP contribution in [-0.2, 0) is 11.3 Å². The lowest BCUT2D eigenvalue weighted by Gasteiger charge is -2.26. The molecule has 2 N–H and O–H groups in total. The minimum atomic E-state index is 0.254. The van der Waals surface area contributed by atoms with E-state index in [-0.39, 0.29) is 6.10 Å². The molecule has 2 aliphatic heterocycles. The van der Waals surface area contributed by atoms with E-state index in [4.69, 9.17) is 9.47 Å². The molecule has 0 amide bonds. The van der Waals surface area contributed by atoms with Crippen molar-refractivity contribution in [3.05, 3.63) is 42.2 Å². The van der Waals surface area contributed by atoms with Gasteiger partial charge in [0, 0.05) is 45.4 Å². The molecular weight excluding hydrogens is 366 g/mol. The van der Waals surface area contributed by atoms with E-state index in [1.54, 1.807) is 6.33 Å². The second kappa shape index (κ2) is 9.89. The molecule has 0 aliphatic carbocycles. The Morgan fingerprint density at radius 1 is 1.17 bits per heavy atom. The van der Waals surface area contributed by atoms with Crippen LogP contribution in [0.3, 0.4) is 0 Å². The summed E-state index contributed by atoms with van der Waals surface area (Å²) in [6, 6.07) is 10.8. The molecule has 3 heterocycles. The zero-order valence-electron chi connectivity index (χ0n) is 17.1. The highest BCUT2D eigenvalue weighted by Crippen LogP contribution is 2.24. The Labute approximate surface area is 172 Å². The summed E-state index contributed by atoms with van der Waals surface area (Å²) in [5.74, 6) is 2.77. The monoisotopic (exact) mass is 397 g/mol. The van der Waals surface area contributed by atoms with Crippen LogP contribution in [0.15, 0.2) is 36.7 Å². The molecule has 2 aromatic rings. The summed E-state index contributed by atoms with van der Waals surface area (Å²) in [7, 11) is 1.88. The largest absolute Gasteiger partial charge is 0.491 e. The van der Waals surface area contributed by atoms with Crippen molar-refractivity contribution in [3.63, 3.8) is 0 Å². The van der Waals surface area contributed by atoms with E-state index < -0.39 is 0 Å². The molecule has 1 aromatic heterocycles. The van der Waals surface area contributed by atoms with Crippen LogP contribution >= 0.6 is 0 Å². The van der Waals surface area contributed by atoms with E-state index in [0.29, 0.717) is 12.6 Å².